The minimum Gasteiger partial charge on any atom is -0.458 e. The van der Waals surface area contributed by atoms with Gasteiger partial charge in [0.05, 0.1) is 34.8 Å². The predicted octanol–water partition coefficient (Wildman–Crippen LogP) is 3.68. The van der Waals surface area contributed by atoms with Crippen molar-refractivity contribution < 1.29 is 28.3 Å². The number of rotatable bonds is 8. The number of furan rings is 1. The maximum absolute atomic E-state index is 14.3. The smallest absolute Gasteiger partial charge is 0.379 e. The summed E-state index contributed by atoms with van der Waals surface area (Å²) in [6.07, 6.45) is 4.44. The van der Waals surface area contributed by atoms with Crippen molar-refractivity contribution in [3.63, 3.8) is 0 Å². The van der Waals surface area contributed by atoms with Gasteiger partial charge in [0.15, 0.2) is 4.80 Å². The Kier molecular flexibility index (Phi) is 7.54. The Morgan fingerprint density at radius 2 is 1.80 bits per heavy atom. The van der Waals surface area contributed by atoms with Gasteiger partial charge in [0, 0.05) is 12.1 Å². The van der Waals surface area contributed by atoms with E-state index in [9.17, 15) is 19.2 Å². The Bertz CT molecular complexity index is 2050. The summed E-state index contributed by atoms with van der Waals surface area (Å²) in [6.45, 7) is 9.27. The zero-order valence-electron chi connectivity index (χ0n) is 23.5. The second-order valence-corrected chi connectivity index (χ2v) is 10.8. The number of carbonyl (C=O) groups excluding carboxylic acids is 3. The maximum atomic E-state index is 14.3. The number of esters is 2. The Morgan fingerprint density at radius 3 is 2.50 bits per heavy atom. The molecular formula is C33H25N3O7S. The van der Waals surface area contributed by atoms with Crippen LogP contribution in [0.4, 0.5) is 5.69 Å². The summed E-state index contributed by atoms with van der Waals surface area (Å²) in [5.74, 6) is -1.38. The monoisotopic (exact) mass is 607 g/mol. The summed E-state index contributed by atoms with van der Waals surface area (Å²) >= 11 is 1.08. The largest absolute Gasteiger partial charge is 0.458 e. The van der Waals surface area contributed by atoms with Gasteiger partial charge in [-0.2, -0.15) is 0 Å². The molecule has 0 saturated carbocycles. The first-order valence-corrected chi connectivity index (χ1v) is 14.4. The molecule has 0 fully saturated rings. The molecule has 2 aliphatic rings. The molecule has 0 N–H and O–H groups in total. The molecule has 44 heavy (non-hydrogen) atoms. The molecule has 11 heteroatoms. The first kappa shape index (κ1) is 28.6. The van der Waals surface area contributed by atoms with Crippen LogP contribution < -0.4 is 24.5 Å². The zero-order chi connectivity index (χ0) is 31.0. The minimum atomic E-state index is -0.941. The van der Waals surface area contributed by atoms with Crippen LogP contribution in [0.1, 0.15) is 34.6 Å². The van der Waals surface area contributed by atoms with Crippen molar-refractivity contribution in [3.8, 4) is 5.75 Å². The van der Waals surface area contributed by atoms with Crippen molar-refractivity contribution in [1.29, 1.82) is 0 Å². The number of thiazole rings is 1. The number of allylic oxidation sites excluding steroid dienone is 1. The zero-order valence-corrected chi connectivity index (χ0v) is 24.3. The number of nitrogens with zero attached hydrogens (tertiary/aromatic N) is 3. The highest BCUT2D eigenvalue weighted by Gasteiger charge is 2.37. The van der Waals surface area contributed by atoms with E-state index >= 15 is 0 Å². The quantitative estimate of drug-likeness (QED) is 0.170. The normalized spacial score (nSPS) is 16.6. The van der Waals surface area contributed by atoms with Gasteiger partial charge < -0.3 is 18.8 Å². The molecule has 2 aromatic carbocycles. The third-order valence-corrected chi connectivity index (χ3v) is 8.19. The van der Waals surface area contributed by atoms with Crippen molar-refractivity contribution in [2.75, 3.05) is 18.1 Å². The van der Waals surface area contributed by atoms with Gasteiger partial charge in [-0.05, 0) is 42.8 Å². The SMILES string of the molecule is C=CCOC(=O)C1=C(C)N=c2s/c(=C3\C(=O)N(CC=C)c4ccccc43)c(=O)n2[C@@H]1c1ccc(OC(=O)c2ccco2)cc1. The molecule has 4 aromatic rings. The van der Waals surface area contributed by atoms with E-state index in [1.165, 1.54) is 23.0 Å². The molecule has 0 spiro atoms. The van der Waals surface area contributed by atoms with E-state index in [0.29, 0.717) is 27.3 Å². The van der Waals surface area contributed by atoms with E-state index < -0.39 is 23.5 Å². The van der Waals surface area contributed by atoms with E-state index in [1.54, 1.807) is 54.3 Å². The van der Waals surface area contributed by atoms with E-state index in [4.69, 9.17) is 13.9 Å². The van der Waals surface area contributed by atoms with Crippen LogP contribution in [0.3, 0.4) is 0 Å². The highest BCUT2D eigenvalue weighted by atomic mass is 32.1. The molecule has 0 unspecified atom stereocenters. The lowest BCUT2D eigenvalue weighted by atomic mass is 9.96. The number of aromatic nitrogens is 1. The number of hydrogen-bond acceptors (Lipinski definition) is 9. The van der Waals surface area contributed by atoms with Crippen LogP contribution in [0.15, 0.2) is 118 Å². The number of hydrogen-bond donors (Lipinski definition) is 0. The molecule has 1 amide bonds. The number of benzene rings is 2. The number of carbonyl (C=O) groups is 3. The van der Waals surface area contributed by atoms with E-state index in [1.807, 2.05) is 18.2 Å². The molecule has 2 aromatic heterocycles. The Balaban J connectivity index is 1.50. The second-order valence-electron chi connectivity index (χ2n) is 9.82. The van der Waals surface area contributed by atoms with Crippen LogP contribution in [-0.2, 0) is 14.3 Å². The third kappa shape index (κ3) is 4.82. The Hall–Kier alpha value is -5.55. The maximum Gasteiger partial charge on any atom is 0.379 e. The van der Waals surface area contributed by atoms with Crippen LogP contribution in [-0.4, -0.2) is 35.6 Å². The molecule has 4 heterocycles. The Labute approximate surface area is 254 Å². The number of anilines is 1. The van der Waals surface area contributed by atoms with Gasteiger partial charge in [-0.15, -0.1) is 6.58 Å². The van der Waals surface area contributed by atoms with Gasteiger partial charge in [0.1, 0.15) is 16.9 Å². The van der Waals surface area contributed by atoms with Gasteiger partial charge >= 0.3 is 11.9 Å². The van der Waals surface area contributed by atoms with Gasteiger partial charge in [-0.1, -0.05) is 60.4 Å². The predicted molar refractivity (Wildman–Crippen MR) is 163 cm³/mol. The number of fused-ring (bicyclic) bond motifs is 2. The third-order valence-electron chi connectivity index (χ3n) is 7.14. The molecule has 0 aliphatic carbocycles. The standard InChI is InChI=1S/C33H25N3O7S/c1-4-16-35-23-10-7-6-9-22(23)26(29(35)37)28-30(38)36-27(25(32(40)42-17-5-2)19(3)34-33(36)44-28)20-12-14-21(15-13-20)43-31(39)24-11-8-18-41-24/h4-15,18,27H,1-2,16-17H2,3H3/b28-26-/t27-/m1/s1. The highest BCUT2D eigenvalue weighted by Crippen LogP contribution is 2.36. The summed E-state index contributed by atoms with van der Waals surface area (Å²) < 4.78 is 17.5. The minimum absolute atomic E-state index is 0.0387. The lowest BCUT2D eigenvalue weighted by molar-refractivity contribution is -0.138. The van der Waals surface area contributed by atoms with Crippen LogP contribution >= 0.6 is 11.3 Å². The van der Waals surface area contributed by atoms with Crippen LogP contribution in [0, 0.1) is 0 Å². The molecule has 10 nitrogen and oxygen atoms in total. The molecule has 1 atom stereocenters. The molecule has 6 rings (SSSR count). The summed E-state index contributed by atoms with van der Waals surface area (Å²) in [5, 5.41) is 0. The fraction of sp³-hybridized carbons (Fsp3) is 0.121. The fourth-order valence-electron chi connectivity index (χ4n) is 5.24. The van der Waals surface area contributed by atoms with Crippen molar-refractivity contribution in [2.24, 2.45) is 4.99 Å². The average Bonchev–Trinajstić information content (AvgIpc) is 3.74. The van der Waals surface area contributed by atoms with Crippen LogP contribution in [0.25, 0.3) is 5.57 Å². The van der Waals surface area contributed by atoms with Crippen LogP contribution in [0.2, 0.25) is 0 Å². The molecule has 2 aliphatic heterocycles. The topological polar surface area (TPSA) is 120 Å². The Morgan fingerprint density at radius 1 is 1.02 bits per heavy atom. The van der Waals surface area contributed by atoms with Gasteiger partial charge in [-0.25, -0.2) is 14.6 Å². The van der Waals surface area contributed by atoms with Crippen LogP contribution in [0.5, 0.6) is 5.75 Å². The lowest BCUT2D eigenvalue weighted by Crippen LogP contribution is -2.41. The van der Waals surface area contributed by atoms with Gasteiger partial charge in [0.25, 0.3) is 11.5 Å². The molecule has 0 radical (unpaired) electrons. The van der Waals surface area contributed by atoms with Crippen molar-refractivity contribution in [3.05, 3.63) is 140 Å². The number of amides is 1. The first-order chi connectivity index (χ1) is 21.3. The highest BCUT2D eigenvalue weighted by molar-refractivity contribution is 7.07. The average molecular weight is 608 g/mol. The molecule has 220 valence electrons. The molecule has 0 bridgehead atoms. The van der Waals surface area contributed by atoms with Crippen molar-refractivity contribution in [2.45, 2.75) is 13.0 Å². The summed E-state index contributed by atoms with van der Waals surface area (Å²) in [4.78, 5) is 60.2. The van der Waals surface area contributed by atoms with Gasteiger partial charge in [-0.3, -0.25) is 14.2 Å². The molecule has 0 saturated heterocycles. The fourth-order valence-corrected chi connectivity index (χ4v) is 6.38. The molecular weight excluding hydrogens is 582 g/mol. The first-order valence-electron chi connectivity index (χ1n) is 13.5. The number of para-hydroxylation sites is 1. The second kappa shape index (κ2) is 11.6. The summed E-state index contributed by atoms with van der Waals surface area (Å²) in [6, 6.07) is 15.8. The summed E-state index contributed by atoms with van der Waals surface area (Å²) in [5.41, 5.74) is 2.15. The van der Waals surface area contributed by atoms with Crippen molar-refractivity contribution in [1.82, 2.24) is 4.57 Å². The van der Waals surface area contributed by atoms with E-state index in [2.05, 4.69) is 18.2 Å². The number of ether oxygens (including phenoxy) is 2. The lowest BCUT2D eigenvalue weighted by Gasteiger charge is -2.24. The van der Waals surface area contributed by atoms with E-state index in [-0.39, 0.29) is 46.2 Å². The van der Waals surface area contributed by atoms with Crippen molar-refractivity contribution >= 4 is 40.4 Å². The van der Waals surface area contributed by atoms with E-state index in [0.717, 1.165) is 11.3 Å². The van der Waals surface area contributed by atoms with Gasteiger partial charge in [0.2, 0.25) is 5.76 Å². The summed E-state index contributed by atoms with van der Waals surface area (Å²) in [7, 11) is 0.